The van der Waals surface area contributed by atoms with Crippen molar-refractivity contribution in [2.75, 3.05) is 40.9 Å². The number of nitrogens with zero attached hydrogens (tertiary/aromatic N) is 1. The number of amides is 1. The summed E-state index contributed by atoms with van der Waals surface area (Å²) in [6, 6.07) is -0.790. The Morgan fingerprint density at radius 1 is 0.530 bits per heavy atom. The molecule has 0 spiro atoms. The van der Waals surface area contributed by atoms with Gasteiger partial charge >= 0.3 is 7.82 Å². The maximum absolute atomic E-state index is 12.8. The third kappa shape index (κ3) is 48.3. The van der Waals surface area contributed by atoms with Crippen LogP contribution in [0.2, 0.25) is 0 Å². The van der Waals surface area contributed by atoms with Crippen molar-refractivity contribution in [3.05, 3.63) is 146 Å². The predicted octanol–water partition coefficient (Wildman–Crippen LogP) is 15.0. The van der Waals surface area contributed by atoms with Crippen LogP contribution in [0.1, 0.15) is 155 Å². The Balaban J connectivity index is 4.09. The van der Waals surface area contributed by atoms with Crippen molar-refractivity contribution in [1.29, 1.82) is 0 Å². The lowest BCUT2D eigenvalue weighted by atomic mass is 10.0. The second-order valence-corrected chi connectivity index (χ2v) is 18.9. The van der Waals surface area contributed by atoms with Gasteiger partial charge in [0.15, 0.2) is 0 Å². The van der Waals surface area contributed by atoms with Gasteiger partial charge in [-0.2, -0.15) is 0 Å². The first kappa shape index (κ1) is 62.4. The SMILES string of the molecule is CC/C=C\C/C=C\C/C=C\C/C=C\C/C=C\C/C=C\C/C=C\C/C=C\C/C=C\C/C=C\C/C=C\C/C=C\CCCCC(=O)NC(COP(=O)(O)OCC[N+](C)(C)C)C(O)CCCCCCC. The van der Waals surface area contributed by atoms with Gasteiger partial charge in [0.1, 0.15) is 13.2 Å². The third-order valence-corrected chi connectivity index (χ3v) is 11.1. The minimum absolute atomic E-state index is 0.0567. The zero-order valence-electron chi connectivity index (χ0n) is 42.1. The van der Waals surface area contributed by atoms with Crippen molar-refractivity contribution < 1.29 is 32.9 Å². The molecule has 372 valence electrons. The molecular formula is C57H94N2O6P+. The Kier molecular flexibility index (Phi) is 43.9. The molecule has 0 fully saturated rings. The summed E-state index contributed by atoms with van der Waals surface area (Å²) in [6.07, 6.45) is 72.4. The summed E-state index contributed by atoms with van der Waals surface area (Å²) in [5.41, 5.74) is 0. The number of aliphatic hydroxyl groups is 1. The summed E-state index contributed by atoms with van der Waals surface area (Å²) in [5, 5.41) is 13.7. The maximum Gasteiger partial charge on any atom is 0.472 e. The molecule has 0 aromatic carbocycles. The van der Waals surface area contributed by atoms with E-state index >= 15 is 0 Å². The van der Waals surface area contributed by atoms with Gasteiger partial charge in [0, 0.05) is 6.42 Å². The molecule has 3 N–H and O–H groups in total. The van der Waals surface area contributed by atoms with Gasteiger partial charge in [-0.15, -0.1) is 0 Å². The maximum atomic E-state index is 12.8. The third-order valence-electron chi connectivity index (χ3n) is 10.1. The predicted molar refractivity (Wildman–Crippen MR) is 285 cm³/mol. The Morgan fingerprint density at radius 3 is 1.29 bits per heavy atom. The largest absolute Gasteiger partial charge is 0.472 e. The number of carbonyl (C=O) groups is 1. The quantitative estimate of drug-likeness (QED) is 0.0243. The average molecular weight is 934 g/mol. The molecule has 0 saturated carbocycles. The van der Waals surface area contributed by atoms with Crippen LogP contribution in [0.5, 0.6) is 0 Å². The zero-order valence-corrected chi connectivity index (χ0v) is 43.0. The van der Waals surface area contributed by atoms with Crippen molar-refractivity contribution in [2.45, 2.75) is 167 Å². The molecule has 8 nitrogen and oxygen atoms in total. The van der Waals surface area contributed by atoms with E-state index in [1.165, 1.54) is 0 Å². The number of hydrogen-bond donors (Lipinski definition) is 3. The van der Waals surface area contributed by atoms with Crippen LogP contribution in [0.4, 0.5) is 0 Å². The second kappa shape index (κ2) is 46.5. The Morgan fingerprint density at radius 2 is 0.909 bits per heavy atom. The molecule has 66 heavy (non-hydrogen) atoms. The number of allylic oxidation sites excluding steroid dienone is 24. The molecule has 9 heteroatoms. The minimum atomic E-state index is -4.32. The Bertz CT molecular complexity index is 1570. The molecule has 0 saturated heterocycles. The van der Waals surface area contributed by atoms with Crippen molar-refractivity contribution in [2.24, 2.45) is 0 Å². The van der Waals surface area contributed by atoms with Gasteiger partial charge in [-0.25, -0.2) is 4.57 Å². The number of carbonyl (C=O) groups excluding carboxylic acids is 1. The molecule has 3 unspecified atom stereocenters. The van der Waals surface area contributed by atoms with Gasteiger partial charge in [0.25, 0.3) is 0 Å². The molecule has 0 aliphatic rings. The van der Waals surface area contributed by atoms with E-state index in [0.29, 0.717) is 30.3 Å². The molecule has 0 aromatic rings. The molecule has 0 heterocycles. The number of likely N-dealkylation sites (N-methyl/N-ethyl adjacent to an activating group) is 1. The molecular weight excluding hydrogens is 840 g/mol. The van der Waals surface area contributed by atoms with Crippen molar-refractivity contribution in [1.82, 2.24) is 5.32 Å². The molecule has 0 aliphatic carbocycles. The lowest BCUT2D eigenvalue weighted by Crippen LogP contribution is -2.46. The average Bonchev–Trinajstić information content (AvgIpc) is 3.27. The molecule has 0 aromatic heterocycles. The van der Waals surface area contributed by atoms with Crippen molar-refractivity contribution in [3.63, 3.8) is 0 Å². The lowest BCUT2D eigenvalue weighted by molar-refractivity contribution is -0.870. The van der Waals surface area contributed by atoms with E-state index in [1.54, 1.807) is 0 Å². The highest BCUT2D eigenvalue weighted by molar-refractivity contribution is 7.47. The number of quaternary nitrogens is 1. The van der Waals surface area contributed by atoms with Crippen LogP contribution in [0.3, 0.4) is 0 Å². The fourth-order valence-corrected chi connectivity index (χ4v) is 6.88. The van der Waals surface area contributed by atoms with E-state index in [1.807, 2.05) is 21.1 Å². The monoisotopic (exact) mass is 934 g/mol. The number of hydrogen-bond acceptors (Lipinski definition) is 5. The highest BCUT2D eigenvalue weighted by Gasteiger charge is 2.28. The Labute approximate surface area is 404 Å². The van der Waals surface area contributed by atoms with Gasteiger partial charge in [-0.3, -0.25) is 13.8 Å². The van der Waals surface area contributed by atoms with Gasteiger partial charge in [-0.1, -0.05) is 192 Å². The molecule has 0 bridgehead atoms. The summed E-state index contributed by atoms with van der Waals surface area (Å²) < 4.78 is 23.4. The number of nitrogens with one attached hydrogen (secondary N) is 1. The Hall–Kier alpha value is -3.62. The van der Waals surface area contributed by atoms with Crippen LogP contribution in [0.15, 0.2) is 146 Å². The fraction of sp³-hybridized carbons (Fsp3) is 0.561. The van der Waals surface area contributed by atoms with Gasteiger partial charge in [0.2, 0.25) is 5.91 Å². The summed E-state index contributed by atoms with van der Waals surface area (Å²) in [7, 11) is 1.55. The molecule has 0 radical (unpaired) electrons. The number of aliphatic hydroxyl groups excluding tert-OH is 1. The van der Waals surface area contributed by atoms with Crippen molar-refractivity contribution >= 4 is 13.7 Å². The number of phosphoric acid groups is 1. The van der Waals surface area contributed by atoms with Crippen LogP contribution in [0.25, 0.3) is 0 Å². The number of unbranched alkanes of at least 4 members (excludes halogenated alkanes) is 6. The van der Waals surface area contributed by atoms with E-state index in [0.717, 1.165) is 122 Å². The lowest BCUT2D eigenvalue weighted by Gasteiger charge is -2.26. The van der Waals surface area contributed by atoms with E-state index in [2.05, 4.69) is 165 Å². The topological polar surface area (TPSA) is 105 Å². The standard InChI is InChI=1S/C57H93N2O6P/c1-6-8-10-12-13-14-15-16-17-18-19-20-21-22-23-24-25-26-27-28-29-30-31-32-33-34-35-36-37-38-39-40-41-42-43-44-45-47-49-51-57(61)58-55(56(60)50-48-46-11-9-7-2)54-65-66(62,63)64-53-52-59(3,4)5/h8,10,13-14,16-17,19-20,22-23,25-26,28-29,31-32,34-35,37-38,40-41,43-44,55-56,60H,6-7,9,11-12,15,18,21,24,27,30,33,36,39,42,45-54H2,1-5H3,(H-,58,61,62,63)/p+1/b10-8-,14-13-,17-16-,20-19-,23-22-,26-25-,29-28-,32-31-,35-34-,38-37-,41-40-,44-43-. The van der Waals surface area contributed by atoms with Crippen molar-refractivity contribution in [3.8, 4) is 0 Å². The highest BCUT2D eigenvalue weighted by Crippen LogP contribution is 2.43. The first-order valence-corrected chi connectivity index (χ1v) is 26.7. The molecule has 1 amide bonds. The van der Waals surface area contributed by atoms with Gasteiger partial charge in [0.05, 0.1) is 39.9 Å². The van der Waals surface area contributed by atoms with E-state index < -0.39 is 20.0 Å². The van der Waals surface area contributed by atoms with Crippen LogP contribution in [-0.2, 0) is 18.4 Å². The number of rotatable bonds is 43. The number of phosphoric ester groups is 1. The fourth-order valence-electron chi connectivity index (χ4n) is 6.14. The first-order chi connectivity index (χ1) is 32.0. The smallest absolute Gasteiger partial charge is 0.391 e. The molecule has 3 atom stereocenters. The molecule has 0 rings (SSSR count). The minimum Gasteiger partial charge on any atom is -0.391 e. The van der Waals surface area contributed by atoms with Crippen LogP contribution in [-0.4, -0.2) is 73.4 Å². The summed E-state index contributed by atoms with van der Waals surface area (Å²) in [6.45, 7) is 4.60. The normalized spacial score (nSPS) is 15.3. The van der Waals surface area contributed by atoms with Crippen LogP contribution >= 0.6 is 7.82 Å². The summed E-state index contributed by atoms with van der Waals surface area (Å²) >= 11 is 0. The van der Waals surface area contributed by atoms with Crippen LogP contribution in [0, 0.1) is 0 Å². The van der Waals surface area contributed by atoms with Crippen LogP contribution < -0.4 is 5.32 Å². The first-order valence-electron chi connectivity index (χ1n) is 25.2. The second-order valence-electron chi connectivity index (χ2n) is 17.5. The zero-order chi connectivity index (χ0) is 48.5. The van der Waals surface area contributed by atoms with Gasteiger partial charge in [-0.05, 0) is 103 Å². The van der Waals surface area contributed by atoms with E-state index in [-0.39, 0.29) is 19.1 Å². The highest BCUT2D eigenvalue weighted by atomic mass is 31.2. The molecule has 0 aliphatic heterocycles. The van der Waals surface area contributed by atoms with E-state index in [9.17, 15) is 19.4 Å². The summed E-state index contributed by atoms with van der Waals surface area (Å²) in [4.78, 5) is 23.0. The summed E-state index contributed by atoms with van der Waals surface area (Å²) in [5.74, 6) is -0.202. The van der Waals surface area contributed by atoms with E-state index in [4.69, 9.17) is 9.05 Å². The van der Waals surface area contributed by atoms with Gasteiger partial charge < -0.3 is 19.8 Å².